The Balaban J connectivity index is 2.02. The topological polar surface area (TPSA) is 100 Å². The van der Waals surface area contributed by atoms with Gasteiger partial charge in [0.1, 0.15) is 0 Å². The van der Waals surface area contributed by atoms with E-state index in [0.29, 0.717) is 18.2 Å². The Morgan fingerprint density at radius 2 is 1.93 bits per heavy atom. The lowest BCUT2D eigenvalue weighted by molar-refractivity contribution is -0.137. The van der Waals surface area contributed by atoms with Crippen LogP contribution in [-0.4, -0.2) is 29.7 Å². The molecular formula is C18H15ClF3N3O4. The van der Waals surface area contributed by atoms with Crippen molar-refractivity contribution in [1.29, 1.82) is 0 Å². The number of ether oxygens (including phenoxy) is 1. The summed E-state index contributed by atoms with van der Waals surface area (Å²) >= 11 is 5.76. The number of anilines is 1. The first kappa shape index (κ1) is 22.0. The van der Waals surface area contributed by atoms with Gasteiger partial charge in [0.25, 0.3) is 0 Å². The molecule has 2 aromatic carbocycles. The SMILES string of the molecule is CCOc1cc(/C=N/NC(=O)C(=O)Nc2cc(C(F)(F)F)ccc2Cl)ccc1O. The van der Waals surface area contributed by atoms with E-state index in [-0.39, 0.29) is 22.2 Å². The van der Waals surface area contributed by atoms with Crippen molar-refractivity contribution in [2.45, 2.75) is 13.1 Å². The molecule has 0 aromatic heterocycles. The Hall–Kier alpha value is -3.27. The number of nitrogens with zero attached hydrogens (tertiary/aromatic N) is 1. The molecule has 0 heterocycles. The van der Waals surface area contributed by atoms with Gasteiger partial charge in [0, 0.05) is 0 Å². The molecule has 2 aromatic rings. The number of carbonyl (C=O) groups is 2. The maximum atomic E-state index is 12.7. The van der Waals surface area contributed by atoms with Crippen LogP contribution in [-0.2, 0) is 15.8 Å². The lowest BCUT2D eigenvalue weighted by Crippen LogP contribution is -2.32. The minimum atomic E-state index is -4.64. The number of alkyl halides is 3. The molecule has 3 N–H and O–H groups in total. The fourth-order valence-corrected chi connectivity index (χ4v) is 2.24. The maximum Gasteiger partial charge on any atom is 0.416 e. The predicted molar refractivity (Wildman–Crippen MR) is 100 cm³/mol. The number of nitrogens with one attached hydrogen (secondary N) is 2. The number of phenols is 1. The van der Waals surface area contributed by atoms with Crippen molar-refractivity contribution in [3.8, 4) is 11.5 Å². The van der Waals surface area contributed by atoms with Crippen molar-refractivity contribution in [1.82, 2.24) is 5.43 Å². The number of rotatable bonds is 5. The molecule has 7 nitrogen and oxygen atoms in total. The molecule has 11 heteroatoms. The zero-order valence-electron chi connectivity index (χ0n) is 14.9. The molecule has 0 radical (unpaired) electrons. The lowest BCUT2D eigenvalue weighted by atomic mass is 10.2. The zero-order valence-corrected chi connectivity index (χ0v) is 15.6. The van der Waals surface area contributed by atoms with Gasteiger partial charge in [-0.1, -0.05) is 11.6 Å². The lowest BCUT2D eigenvalue weighted by Gasteiger charge is -2.11. The summed E-state index contributed by atoms with van der Waals surface area (Å²) in [5.74, 6) is -2.35. The molecule has 0 bridgehead atoms. The van der Waals surface area contributed by atoms with Gasteiger partial charge in [-0.2, -0.15) is 18.3 Å². The molecule has 0 aliphatic carbocycles. The number of carbonyl (C=O) groups excluding carboxylic acids is 2. The minimum absolute atomic E-state index is 0.0784. The van der Waals surface area contributed by atoms with Crippen LogP contribution in [0.4, 0.5) is 18.9 Å². The Labute approximate surface area is 168 Å². The van der Waals surface area contributed by atoms with E-state index in [1.807, 2.05) is 10.7 Å². The molecule has 0 saturated heterocycles. The number of benzene rings is 2. The normalized spacial score (nSPS) is 11.3. The first-order chi connectivity index (χ1) is 13.6. The quantitative estimate of drug-likeness (QED) is 0.384. The maximum absolute atomic E-state index is 12.7. The van der Waals surface area contributed by atoms with E-state index in [2.05, 4.69) is 5.10 Å². The first-order valence-corrected chi connectivity index (χ1v) is 8.46. The Kier molecular flexibility index (Phi) is 7.05. The van der Waals surface area contributed by atoms with Gasteiger partial charge in [0.15, 0.2) is 11.5 Å². The summed E-state index contributed by atoms with van der Waals surface area (Å²) in [5, 5.41) is 15.0. The van der Waals surface area contributed by atoms with Gasteiger partial charge in [-0.3, -0.25) is 9.59 Å². The van der Waals surface area contributed by atoms with Gasteiger partial charge in [-0.25, -0.2) is 5.43 Å². The van der Waals surface area contributed by atoms with Crippen LogP contribution in [0.2, 0.25) is 5.02 Å². The van der Waals surface area contributed by atoms with Crippen molar-refractivity contribution in [3.05, 3.63) is 52.5 Å². The van der Waals surface area contributed by atoms with Crippen molar-refractivity contribution in [3.63, 3.8) is 0 Å². The molecule has 0 unspecified atom stereocenters. The molecule has 0 aliphatic rings. The number of hydrazone groups is 1. The monoisotopic (exact) mass is 429 g/mol. The van der Waals surface area contributed by atoms with Crippen LogP contribution < -0.4 is 15.5 Å². The highest BCUT2D eigenvalue weighted by atomic mass is 35.5. The molecular weight excluding hydrogens is 415 g/mol. The summed E-state index contributed by atoms with van der Waals surface area (Å²) < 4.78 is 43.4. The van der Waals surface area contributed by atoms with Gasteiger partial charge in [-0.05, 0) is 48.9 Å². The van der Waals surface area contributed by atoms with Crippen LogP contribution in [0.25, 0.3) is 0 Å². The highest BCUT2D eigenvalue weighted by Gasteiger charge is 2.31. The van der Waals surface area contributed by atoms with E-state index in [1.54, 1.807) is 6.92 Å². The second-order valence-electron chi connectivity index (χ2n) is 5.51. The van der Waals surface area contributed by atoms with E-state index in [1.165, 1.54) is 24.4 Å². The van der Waals surface area contributed by atoms with Crippen molar-refractivity contribution in [2.24, 2.45) is 5.10 Å². The third kappa shape index (κ3) is 6.11. The van der Waals surface area contributed by atoms with Crippen molar-refractivity contribution < 1.29 is 32.6 Å². The summed E-state index contributed by atoms with van der Waals surface area (Å²) in [5.41, 5.74) is 0.979. The van der Waals surface area contributed by atoms with E-state index >= 15 is 0 Å². The Morgan fingerprint density at radius 3 is 2.59 bits per heavy atom. The number of hydrogen-bond donors (Lipinski definition) is 3. The van der Waals surface area contributed by atoms with Crippen LogP contribution in [0.1, 0.15) is 18.1 Å². The van der Waals surface area contributed by atoms with E-state index in [4.69, 9.17) is 16.3 Å². The van der Waals surface area contributed by atoms with Gasteiger partial charge in [-0.15, -0.1) is 0 Å². The molecule has 0 aliphatic heterocycles. The Morgan fingerprint density at radius 1 is 1.21 bits per heavy atom. The van der Waals surface area contributed by atoms with Gasteiger partial charge >= 0.3 is 18.0 Å². The molecule has 154 valence electrons. The third-order valence-electron chi connectivity index (χ3n) is 3.41. The fourth-order valence-electron chi connectivity index (χ4n) is 2.07. The number of phenolic OH excluding ortho intramolecular Hbond substituents is 1. The molecule has 0 fully saturated rings. The van der Waals surface area contributed by atoms with Crippen molar-refractivity contribution in [2.75, 3.05) is 11.9 Å². The van der Waals surface area contributed by atoms with Crippen LogP contribution in [0.3, 0.4) is 0 Å². The summed E-state index contributed by atoms with van der Waals surface area (Å²) in [4.78, 5) is 23.6. The van der Waals surface area contributed by atoms with Crippen LogP contribution in [0.5, 0.6) is 11.5 Å². The summed E-state index contributed by atoms with van der Waals surface area (Å²) in [6.45, 7) is 2.05. The number of hydrogen-bond acceptors (Lipinski definition) is 5. The van der Waals surface area contributed by atoms with Gasteiger partial charge in [0.2, 0.25) is 0 Å². The summed E-state index contributed by atoms with van der Waals surface area (Å²) in [6.07, 6.45) is -3.45. The van der Waals surface area contributed by atoms with Crippen LogP contribution >= 0.6 is 11.6 Å². The van der Waals surface area contributed by atoms with Crippen LogP contribution in [0.15, 0.2) is 41.5 Å². The van der Waals surface area contributed by atoms with E-state index in [9.17, 15) is 27.9 Å². The predicted octanol–water partition coefficient (Wildman–Crippen LogP) is 3.55. The minimum Gasteiger partial charge on any atom is -0.504 e. The first-order valence-electron chi connectivity index (χ1n) is 8.08. The van der Waals surface area contributed by atoms with Crippen LogP contribution in [0, 0.1) is 0 Å². The van der Waals surface area contributed by atoms with E-state index < -0.39 is 23.6 Å². The average Bonchev–Trinajstić information content (AvgIpc) is 2.65. The van der Waals surface area contributed by atoms with Gasteiger partial charge < -0.3 is 15.2 Å². The number of aromatic hydroxyl groups is 1. The molecule has 0 atom stereocenters. The molecule has 29 heavy (non-hydrogen) atoms. The molecule has 0 spiro atoms. The average molecular weight is 430 g/mol. The largest absolute Gasteiger partial charge is 0.504 e. The number of amides is 2. The third-order valence-corrected chi connectivity index (χ3v) is 3.74. The Bertz CT molecular complexity index is 948. The molecule has 0 saturated carbocycles. The smallest absolute Gasteiger partial charge is 0.416 e. The molecule has 2 amide bonds. The summed E-state index contributed by atoms with van der Waals surface area (Å²) in [6, 6.07) is 6.61. The summed E-state index contributed by atoms with van der Waals surface area (Å²) in [7, 11) is 0. The highest BCUT2D eigenvalue weighted by Crippen LogP contribution is 2.33. The standard InChI is InChI=1S/C18H15ClF3N3O4/c1-2-29-15-7-10(3-6-14(15)26)9-23-25-17(28)16(27)24-13-8-11(18(20,21)22)4-5-12(13)19/h3-9,26H,2H2,1H3,(H,24,27)(H,25,28)/b23-9+. The zero-order chi connectivity index (χ0) is 21.6. The second-order valence-corrected chi connectivity index (χ2v) is 5.91. The highest BCUT2D eigenvalue weighted by molar-refractivity contribution is 6.41. The van der Waals surface area contributed by atoms with Crippen molar-refractivity contribution >= 4 is 35.3 Å². The van der Waals surface area contributed by atoms with Gasteiger partial charge in [0.05, 0.1) is 29.1 Å². The van der Waals surface area contributed by atoms with E-state index in [0.717, 1.165) is 12.1 Å². The second kappa shape index (κ2) is 9.28. The number of halogens is 4. The molecule has 2 rings (SSSR count). The fraction of sp³-hybridized carbons (Fsp3) is 0.167.